The number of rotatable bonds is 0. The van der Waals surface area contributed by atoms with Gasteiger partial charge in [-0.15, -0.1) is 0 Å². The summed E-state index contributed by atoms with van der Waals surface area (Å²) in [5.74, 6) is 0. The smallest absolute Gasteiger partial charge is 0.154 e. The molecule has 1 aliphatic heterocycles. The lowest BCUT2D eigenvalue weighted by Gasteiger charge is -1.91. The van der Waals surface area contributed by atoms with Gasteiger partial charge in [-0.25, -0.2) is 0 Å². The normalized spacial score (nSPS) is 30.4. The molecule has 40 valence electrons. The Kier molecular flexibility index (Phi) is 1.23. The molecule has 0 amide bonds. The molecule has 2 N–H and O–H groups in total. The van der Waals surface area contributed by atoms with Crippen LogP contribution in [0.2, 0.25) is 0 Å². The third kappa shape index (κ3) is 1.09. The highest BCUT2D eigenvalue weighted by Gasteiger charge is 2.10. The fourth-order valence-electron chi connectivity index (χ4n) is 0.499. The third-order valence-corrected chi connectivity index (χ3v) is 1.75. The Balaban J connectivity index is 2.42. The predicted octanol–water partition coefficient (Wildman–Crippen LogP) is 0.436. The molecule has 0 fully saturated rings. The van der Waals surface area contributed by atoms with E-state index in [1.54, 1.807) is 11.8 Å². The second kappa shape index (κ2) is 1.74. The van der Waals surface area contributed by atoms with Crippen molar-refractivity contribution in [3.05, 3.63) is 0 Å². The van der Waals surface area contributed by atoms with Crippen molar-refractivity contribution >= 4 is 16.9 Å². The Bertz CT molecular complexity index is 99.9. The zero-order valence-corrected chi connectivity index (χ0v) is 5.03. The van der Waals surface area contributed by atoms with E-state index in [0.717, 1.165) is 11.7 Å². The molecular formula is C4H8N2S. The van der Waals surface area contributed by atoms with E-state index in [9.17, 15) is 0 Å². The zero-order valence-electron chi connectivity index (χ0n) is 4.22. The largest absolute Gasteiger partial charge is 0.379 e. The highest BCUT2D eigenvalue weighted by atomic mass is 32.2. The van der Waals surface area contributed by atoms with E-state index in [4.69, 9.17) is 5.73 Å². The van der Waals surface area contributed by atoms with Crippen molar-refractivity contribution < 1.29 is 0 Å². The fourth-order valence-corrected chi connectivity index (χ4v) is 1.21. The van der Waals surface area contributed by atoms with Gasteiger partial charge in [-0.05, 0) is 0 Å². The first-order chi connectivity index (χ1) is 3.29. The lowest BCUT2D eigenvalue weighted by molar-refractivity contribution is 0.975. The molecule has 0 aliphatic carbocycles. The Morgan fingerprint density at radius 3 is 2.86 bits per heavy atom. The minimum absolute atomic E-state index is 0.611. The standard InChI is InChI=1S/C4H8N2S/c1-3-2-6-4(5)7-3/h3H,2H2,1H3,(H2,5,6)/t3-/m1/s1. The van der Waals surface area contributed by atoms with Crippen LogP contribution in [0.25, 0.3) is 0 Å². The highest BCUT2D eigenvalue weighted by molar-refractivity contribution is 8.14. The van der Waals surface area contributed by atoms with Crippen LogP contribution in [-0.2, 0) is 0 Å². The van der Waals surface area contributed by atoms with Gasteiger partial charge >= 0.3 is 0 Å². The summed E-state index contributed by atoms with van der Waals surface area (Å²) in [7, 11) is 0. The number of amidine groups is 1. The van der Waals surface area contributed by atoms with Crippen LogP contribution in [-0.4, -0.2) is 17.0 Å². The molecule has 0 radical (unpaired) electrons. The average molecular weight is 116 g/mol. The molecule has 0 aromatic heterocycles. The number of thioether (sulfide) groups is 1. The number of hydrogen-bond donors (Lipinski definition) is 1. The van der Waals surface area contributed by atoms with Crippen LogP contribution in [0.4, 0.5) is 0 Å². The molecule has 0 saturated carbocycles. The second-order valence-corrected chi connectivity index (χ2v) is 3.07. The van der Waals surface area contributed by atoms with Crippen molar-refractivity contribution in [2.75, 3.05) is 6.54 Å². The number of nitrogens with zero attached hydrogens (tertiary/aromatic N) is 1. The summed E-state index contributed by atoms with van der Waals surface area (Å²) in [5, 5.41) is 1.35. The van der Waals surface area contributed by atoms with Crippen LogP contribution in [0.5, 0.6) is 0 Å². The predicted molar refractivity (Wildman–Crippen MR) is 33.5 cm³/mol. The minimum Gasteiger partial charge on any atom is -0.379 e. The molecule has 0 aromatic rings. The van der Waals surface area contributed by atoms with Gasteiger partial charge in [0.05, 0.1) is 6.54 Å². The van der Waals surface area contributed by atoms with Crippen molar-refractivity contribution in [3.63, 3.8) is 0 Å². The van der Waals surface area contributed by atoms with E-state index >= 15 is 0 Å². The van der Waals surface area contributed by atoms with Crippen molar-refractivity contribution in [1.29, 1.82) is 0 Å². The summed E-state index contributed by atoms with van der Waals surface area (Å²) in [5.41, 5.74) is 5.34. The van der Waals surface area contributed by atoms with Gasteiger partial charge in [0.2, 0.25) is 0 Å². The fraction of sp³-hybridized carbons (Fsp3) is 0.750. The summed E-state index contributed by atoms with van der Waals surface area (Å²) >= 11 is 1.65. The lowest BCUT2D eigenvalue weighted by atomic mass is 10.5. The van der Waals surface area contributed by atoms with Crippen LogP contribution in [0.3, 0.4) is 0 Å². The molecule has 1 heterocycles. The van der Waals surface area contributed by atoms with Gasteiger partial charge in [0, 0.05) is 5.25 Å². The Morgan fingerprint density at radius 2 is 2.71 bits per heavy atom. The molecule has 0 aromatic carbocycles. The van der Waals surface area contributed by atoms with Crippen molar-refractivity contribution in [2.24, 2.45) is 10.7 Å². The second-order valence-electron chi connectivity index (χ2n) is 1.61. The summed E-state index contributed by atoms with van der Waals surface area (Å²) < 4.78 is 0. The molecule has 0 unspecified atom stereocenters. The van der Waals surface area contributed by atoms with Gasteiger partial charge in [-0.3, -0.25) is 4.99 Å². The van der Waals surface area contributed by atoms with Crippen molar-refractivity contribution in [1.82, 2.24) is 0 Å². The molecule has 1 aliphatic rings. The van der Waals surface area contributed by atoms with Crippen molar-refractivity contribution in [2.45, 2.75) is 12.2 Å². The van der Waals surface area contributed by atoms with E-state index in [-0.39, 0.29) is 0 Å². The maximum atomic E-state index is 5.34. The molecule has 0 spiro atoms. The van der Waals surface area contributed by atoms with Crippen LogP contribution >= 0.6 is 11.8 Å². The van der Waals surface area contributed by atoms with E-state index in [0.29, 0.717) is 5.25 Å². The molecule has 3 heteroatoms. The topological polar surface area (TPSA) is 38.4 Å². The molecule has 2 nitrogen and oxygen atoms in total. The molecule has 1 rings (SSSR count). The molecule has 7 heavy (non-hydrogen) atoms. The maximum absolute atomic E-state index is 5.34. The Morgan fingerprint density at radius 1 is 2.00 bits per heavy atom. The lowest BCUT2D eigenvalue weighted by Crippen LogP contribution is -2.02. The van der Waals surface area contributed by atoms with E-state index in [2.05, 4.69) is 11.9 Å². The molecule has 0 saturated heterocycles. The van der Waals surface area contributed by atoms with Crippen molar-refractivity contribution in [3.8, 4) is 0 Å². The van der Waals surface area contributed by atoms with Crippen LogP contribution in [0.15, 0.2) is 4.99 Å². The van der Waals surface area contributed by atoms with Crippen LogP contribution in [0, 0.1) is 0 Å². The average Bonchev–Trinajstić information content (AvgIpc) is 1.87. The van der Waals surface area contributed by atoms with E-state index in [1.807, 2.05) is 0 Å². The van der Waals surface area contributed by atoms with E-state index < -0.39 is 0 Å². The highest BCUT2D eigenvalue weighted by Crippen LogP contribution is 2.16. The zero-order chi connectivity index (χ0) is 5.28. The quantitative estimate of drug-likeness (QED) is 0.498. The van der Waals surface area contributed by atoms with Gasteiger partial charge in [0.1, 0.15) is 0 Å². The molecule has 0 bridgehead atoms. The summed E-state index contributed by atoms with van der Waals surface area (Å²) in [4.78, 5) is 3.97. The third-order valence-electron chi connectivity index (χ3n) is 0.826. The first kappa shape index (κ1) is 4.97. The van der Waals surface area contributed by atoms with Gasteiger partial charge in [-0.1, -0.05) is 18.7 Å². The van der Waals surface area contributed by atoms with Gasteiger partial charge < -0.3 is 5.73 Å². The summed E-state index contributed by atoms with van der Waals surface area (Å²) in [6.45, 7) is 3.02. The summed E-state index contributed by atoms with van der Waals surface area (Å²) in [6, 6.07) is 0. The number of aliphatic imine (C=N–C) groups is 1. The Hall–Kier alpha value is -0.180. The SMILES string of the molecule is C[C@@H]1CN=C(N)S1. The van der Waals surface area contributed by atoms with E-state index in [1.165, 1.54) is 0 Å². The molecular weight excluding hydrogens is 108 g/mol. The van der Waals surface area contributed by atoms with Gasteiger partial charge in [0.15, 0.2) is 5.17 Å². The minimum atomic E-state index is 0.611. The van der Waals surface area contributed by atoms with Crippen LogP contribution in [0.1, 0.15) is 6.92 Å². The first-order valence-corrected chi connectivity index (χ1v) is 3.13. The number of nitrogens with two attached hydrogens (primary N) is 1. The Labute approximate surface area is 47.2 Å². The van der Waals surface area contributed by atoms with Crippen LogP contribution < -0.4 is 5.73 Å². The summed E-state index contributed by atoms with van der Waals surface area (Å²) in [6.07, 6.45) is 0. The van der Waals surface area contributed by atoms with Gasteiger partial charge in [-0.2, -0.15) is 0 Å². The number of hydrogen-bond acceptors (Lipinski definition) is 3. The first-order valence-electron chi connectivity index (χ1n) is 2.25. The maximum Gasteiger partial charge on any atom is 0.154 e. The monoisotopic (exact) mass is 116 g/mol. The van der Waals surface area contributed by atoms with Gasteiger partial charge in [0.25, 0.3) is 0 Å². The molecule has 1 atom stereocenters.